The molecule has 0 saturated carbocycles. The molecule has 0 radical (unpaired) electrons. The summed E-state index contributed by atoms with van der Waals surface area (Å²) in [6.07, 6.45) is 0. The number of benzene rings is 2. The molecule has 2 aromatic carbocycles. The third-order valence-electron chi connectivity index (χ3n) is 3.15. The number of hydrogen-bond donors (Lipinski definition) is 1. The fourth-order valence-electron chi connectivity index (χ4n) is 2.06. The number of amides is 1. The summed E-state index contributed by atoms with van der Waals surface area (Å²) >= 11 is 4.48. The van der Waals surface area contributed by atoms with Crippen molar-refractivity contribution in [3.05, 3.63) is 80.7 Å². The highest BCUT2D eigenvalue weighted by Gasteiger charge is 2.14. The minimum Gasteiger partial charge on any atom is -0.321 e. The zero-order valence-electron chi connectivity index (χ0n) is 11.8. The van der Waals surface area contributed by atoms with Crippen molar-refractivity contribution in [2.24, 2.45) is 0 Å². The average molecular weight is 387 g/mol. The van der Waals surface area contributed by atoms with E-state index in [2.05, 4.69) is 26.2 Å². The lowest BCUT2D eigenvalue weighted by molar-refractivity contribution is 0.102. The third kappa shape index (κ3) is 3.55. The van der Waals surface area contributed by atoms with Gasteiger partial charge in [-0.1, -0.05) is 42.5 Å². The molecule has 6 heteroatoms. The first-order valence-electron chi connectivity index (χ1n) is 6.75. The Morgan fingerprint density at radius 2 is 1.74 bits per heavy atom. The number of nitrogens with zero attached hydrogens (tertiary/aromatic N) is 1. The van der Waals surface area contributed by atoms with Gasteiger partial charge >= 0.3 is 0 Å². The molecule has 1 aromatic heterocycles. The summed E-state index contributed by atoms with van der Waals surface area (Å²) in [6, 6.07) is 15.9. The molecule has 0 aliphatic heterocycles. The van der Waals surface area contributed by atoms with Crippen LogP contribution in [0.25, 0.3) is 0 Å². The van der Waals surface area contributed by atoms with Gasteiger partial charge in [-0.2, -0.15) is 0 Å². The number of carbonyl (C=O) groups excluding carboxylic acids is 2. The molecule has 0 spiro atoms. The van der Waals surface area contributed by atoms with E-state index >= 15 is 0 Å². The number of anilines is 1. The van der Waals surface area contributed by atoms with E-state index in [0.29, 0.717) is 26.3 Å². The van der Waals surface area contributed by atoms with Crippen LogP contribution in [0, 0.1) is 0 Å². The fourth-order valence-corrected chi connectivity index (χ4v) is 3.33. The Morgan fingerprint density at radius 1 is 1.00 bits per heavy atom. The maximum atomic E-state index is 12.4. The average Bonchev–Trinajstić information content (AvgIpc) is 3.01. The molecule has 0 saturated heterocycles. The summed E-state index contributed by atoms with van der Waals surface area (Å²) in [5.74, 6) is -0.343. The van der Waals surface area contributed by atoms with Crippen LogP contribution in [0.4, 0.5) is 5.69 Å². The molecule has 0 atom stereocenters. The van der Waals surface area contributed by atoms with Gasteiger partial charge in [0.05, 0.1) is 5.51 Å². The SMILES string of the molecule is O=C(c1ccccc1)c1cccc(NC(=O)c2scnc2Br)c1. The van der Waals surface area contributed by atoms with Gasteiger partial charge in [-0.3, -0.25) is 9.59 Å². The van der Waals surface area contributed by atoms with Crippen LogP contribution in [-0.2, 0) is 0 Å². The lowest BCUT2D eigenvalue weighted by atomic mass is 10.0. The van der Waals surface area contributed by atoms with E-state index in [1.54, 1.807) is 41.9 Å². The van der Waals surface area contributed by atoms with Crippen molar-refractivity contribution >= 4 is 44.6 Å². The normalized spacial score (nSPS) is 10.3. The van der Waals surface area contributed by atoms with Gasteiger partial charge in [0.15, 0.2) is 5.78 Å². The summed E-state index contributed by atoms with van der Waals surface area (Å²) in [4.78, 5) is 29.1. The maximum absolute atomic E-state index is 12.4. The van der Waals surface area contributed by atoms with Crippen molar-refractivity contribution in [2.45, 2.75) is 0 Å². The van der Waals surface area contributed by atoms with Crippen LogP contribution in [0.15, 0.2) is 64.7 Å². The number of ketones is 1. The number of thiazole rings is 1. The van der Waals surface area contributed by atoms with E-state index in [4.69, 9.17) is 0 Å². The quantitative estimate of drug-likeness (QED) is 0.676. The fraction of sp³-hybridized carbons (Fsp3) is 0. The second-order valence-electron chi connectivity index (χ2n) is 4.70. The molecular formula is C17H11BrN2O2S. The second-order valence-corrected chi connectivity index (χ2v) is 6.31. The van der Waals surface area contributed by atoms with Crippen LogP contribution in [0.5, 0.6) is 0 Å². The predicted octanol–water partition coefficient (Wildman–Crippen LogP) is 4.39. The van der Waals surface area contributed by atoms with Gasteiger partial charge in [-0.05, 0) is 28.1 Å². The predicted molar refractivity (Wildman–Crippen MR) is 94.1 cm³/mol. The van der Waals surface area contributed by atoms with Crippen LogP contribution in [0.1, 0.15) is 25.6 Å². The van der Waals surface area contributed by atoms with Gasteiger partial charge in [0.2, 0.25) is 0 Å². The largest absolute Gasteiger partial charge is 0.321 e. The molecule has 114 valence electrons. The maximum Gasteiger partial charge on any atom is 0.268 e. The smallest absolute Gasteiger partial charge is 0.268 e. The summed E-state index contributed by atoms with van der Waals surface area (Å²) in [5.41, 5.74) is 3.30. The number of aromatic nitrogens is 1. The molecule has 0 fully saturated rings. The van der Waals surface area contributed by atoms with Gasteiger partial charge in [0.25, 0.3) is 5.91 Å². The topological polar surface area (TPSA) is 59.1 Å². The minimum absolute atomic E-state index is 0.0827. The first kappa shape index (κ1) is 15.6. The highest BCUT2D eigenvalue weighted by Crippen LogP contribution is 2.21. The molecule has 0 aliphatic rings. The van der Waals surface area contributed by atoms with E-state index in [9.17, 15) is 9.59 Å². The van der Waals surface area contributed by atoms with Crippen molar-refractivity contribution < 1.29 is 9.59 Å². The van der Waals surface area contributed by atoms with Crippen molar-refractivity contribution in [3.8, 4) is 0 Å². The molecule has 1 amide bonds. The van der Waals surface area contributed by atoms with E-state index in [-0.39, 0.29) is 11.7 Å². The Labute approximate surface area is 145 Å². The van der Waals surface area contributed by atoms with Crippen LogP contribution in [0.2, 0.25) is 0 Å². The second kappa shape index (κ2) is 6.85. The van der Waals surface area contributed by atoms with Gasteiger partial charge in [0.1, 0.15) is 9.48 Å². The summed E-state index contributed by atoms with van der Waals surface area (Å²) in [6.45, 7) is 0. The molecule has 1 heterocycles. The standard InChI is InChI=1S/C17H11BrN2O2S/c18-16-15(23-10-19-16)17(22)20-13-8-4-7-12(9-13)14(21)11-5-2-1-3-6-11/h1-10H,(H,20,22). The molecule has 1 N–H and O–H groups in total. The molecule has 3 aromatic rings. The molecular weight excluding hydrogens is 376 g/mol. The Hall–Kier alpha value is -2.31. The zero-order chi connectivity index (χ0) is 16.2. The molecule has 0 unspecified atom stereocenters. The zero-order valence-corrected chi connectivity index (χ0v) is 14.2. The van der Waals surface area contributed by atoms with Crippen molar-refractivity contribution in [3.63, 3.8) is 0 Å². The highest BCUT2D eigenvalue weighted by atomic mass is 79.9. The van der Waals surface area contributed by atoms with Crippen molar-refractivity contribution in [2.75, 3.05) is 5.32 Å². The Balaban J connectivity index is 1.82. The first-order valence-corrected chi connectivity index (χ1v) is 8.42. The first-order chi connectivity index (χ1) is 11.1. The monoisotopic (exact) mass is 386 g/mol. The Kier molecular flexibility index (Phi) is 4.64. The van der Waals surface area contributed by atoms with E-state index in [0.717, 1.165) is 0 Å². The lowest BCUT2D eigenvalue weighted by Crippen LogP contribution is -2.11. The number of hydrogen-bond acceptors (Lipinski definition) is 4. The van der Waals surface area contributed by atoms with Crippen LogP contribution >= 0.6 is 27.3 Å². The van der Waals surface area contributed by atoms with E-state index in [1.807, 2.05) is 18.2 Å². The number of nitrogens with one attached hydrogen (secondary N) is 1. The van der Waals surface area contributed by atoms with Gasteiger partial charge in [-0.25, -0.2) is 4.98 Å². The van der Waals surface area contributed by atoms with Crippen LogP contribution in [0.3, 0.4) is 0 Å². The van der Waals surface area contributed by atoms with Crippen LogP contribution in [-0.4, -0.2) is 16.7 Å². The lowest BCUT2D eigenvalue weighted by Gasteiger charge is -2.06. The highest BCUT2D eigenvalue weighted by molar-refractivity contribution is 9.10. The van der Waals surface area contributed by atoms with Gasteiger partial charge in [-0.15, -0.1) is 11.3 Å². The Bertz CT molecular complexity index is 862. The molecule has 0 aliphatic carbocycles. The third-order valence-corrected chi connectivity index (χ3v) is 4.84. The molecule has 3 rings (SSSR count). The minimum atomic E-state index is -0.260. The van der Waals surface area contributed by atoms with Crippen molar-refractivity contribution in [1.29, 1.82) is 0 Å². The summed E-state index contributed by atoms with van der Waals surface area (Å²) in [5, 5.41) is 2.78. The van der Waals surface area contributed by atoms with Gasteiger partial charge in [0, 0.05) is 16.8 Å². The number of carbonyl (C=O) groups is 2. The number of halogens is 1. The Morgan fingerprint density at radius 3 is 2.43 bits per heavy atom. The van der Waals surface area contributed by atoms with E-state index < -0.39 is 0 Å². The van der Waals surface area contributed by atoms with Gasteiger partial charge < -0.3 is 5.32 Å². The number of rotatable bonds is 4. The summed E-state index contributed by atoms with van der Waals surface area (Å²) in [7, 11) is 0. The molecule has 4 nitrogen and oxygen atoms in total. The molecule has 23 heavy (non-hydrogen) atoms. The van der Waals surface area contributed by atoms with Crippen LogP contribution < -0.4 is 5.32 Å². The van der Waals surface area contributed by atoms with E-state index in [1.165, 1.54) is 11.3 Å². The molecule has 0 bridgehead atoms. The van der Waals surface area contributed by atoms with Crippen molar-refractivity contribution in [1.82, 2.24) is 4.98 Å². The summed E-state index contributed by atoms with van der Waals surface area (Å²) < 4.78 is 0.511.